The van der Waals surface area contributed by atoms with Gasteiger partial charge in [0.05, 0.1) is 22.8 Å². The summed E-state index contributed by atoms with van der Waals surface area (Å²) >= 11 is 0. The lowest BCUT2D eigenvalue weighted by Crippen LogP contribution is -2.44. The van der Waals surface area contributed by atoms with Crippen LogP contribution in [0.15, 0.2) is 58.2 Å². The van der Waals surface area contributed by atoms with Crippen LogP contribution in [0.5, 0.6) is 0 Å². The number of nitrogens with zero attached hydrogens (tertiary/aromatic N) is 7. The van der Waals surface area contributed by atoms with Crippen molar-refractivity contribution < 1.29 is 27.6 Å². The van der Waals surface area contributed by atoms with Crippen molar-refractivity contribution in [3.63, 3.8) is 0 Å². The van der Waals surface area contributed by atoms with Crippen LogP contribution in [0.1, 0.15) is 104 Å². The Balaban J connectivity index is 0.809. The Morgan fingerprint density at radius 3 is 2.61 bits per heavy atom. The average Bonchev–Trinajstić information content (AvgIpc) is 3.63. The van der Waals surface area contributed by atoms with Gasteiger partial charge in [-0.3, -0.25) is 33.5 Å². The van der Waals surface area contributed by atoms with Crippen LogP contribution >= 0.6 is 0 Å². The second kappa shape index (κ2) is 17.3. The molecule has 1 atom stereocenters. The summed E-state index contributed by atoms with van der Waals surface area (Å²) in [5, 5.41) is 12.5. The normalized spacial score (nSPS) is 19.8. The number of halogens is 2. The molecule has 312 valence electrons. The first-order valence-electron chi connectivity index (χ1n) is 20.6. The molecular formula is C42H50F2N10O5. The number of carbonyl (C=O) groups is 3. The van der Waals surface area contributed by atoms with E-state index in [4.69, 9.17) is 4.42 Å². The highest BCUT2D eigenvalue weighted by Crippen LogP contribution is 2.36. The zero-order valence-corrected chi connectivity index (χ0v) is 33.3. The van der Waals surface area contributed by atoms with Gasteiger partial charge in [-0.25, -0.2) is 23.5 Å². The SMILES string of the molecule is CN(CCCCc1cccc2c1n(C)c(=O)n2C1CCC(=O)NC1=O)C[C@H]1CC[C@H](n2cc(NC(=O)c3coc(-c4ccnc(NCC5CC5)c4)n3)c(C(F)F)n2)CC1. The third-order valence-corrected chi connectivity index (χ3v) is 11.9. The maximum absolute atomic E-state index is 14.2. The number of hydrogen-bond donors (Lipinski definition) is 3. The summed E-state index contributed by atoms with van der Waals surface area (Å²) in [7, 11) is 3.84. The summed E-state index contributed by atoms with van der Waals surface area (Å²) < 4.78 is 38.6. The van der Waals surface area contributed by atoms with Gasteiger partial charge < -0.3 is 20.0 Å². The Morgan fingerprint density at radius 1 is 1.05 bits per heavy atom. The van der Waals surface area contributed by atoms with Crippen molar-refractivity contribution in [2.75, 3.05) is 37.3 Å². The number of hydrogen-bond acceptors (Lipinski definition) is 10. The van der Waals surface area contributed by atoms with Crippen LogP contribution in [0.4, 0.5) is 20.3 Å². The molecule has 1 aliphatic heterocycles. The van der Waals surface area contributed by atoms with Gasteiger partial charge >= 0.3 is 5.69 Å². The lowest BCUT2D eigenvalue weighted by atomic mass is 9.86. The number of imidazole rings is 1. The summed E-state index contributed by atoms with van der Waals surface area (Å²) in [5.74, 6) is 0.615. The third kappa shape index (κ3) is 8.99. The van der Waals surface area contributed by atoms with Crippen LogP contribution in [0.2, 0.25) is 0 Å². The molecule has 0 radical (unpaired) electrons. The van der Waals surface area contributed by atoms with E-state index in [0.29, 0.717) is 35.2 Å². The number of rotatable bonds is 16. The minimum Gasteiger partial charge on any atom is -0.444 e. The summed E-state index contributed by atoms with van der Waals surface area (Å²) in [6.45, 7) is 2.67. The fraction of sp³-hybridized carbons (Fsp3) is 0.500. The third-order valence-electron chi connectivity index (χ3n) is 11.9. The molecule has 5 heterocycles. The molecule has 17 heteroatoms. The van der Waals surface area contributed by atoms with Gasteiger partial charge in [0, 0.05) is 44.5 Å². The number of anilines is 2. The number of unbranched alkanes of at least 4 members (excludes halogenated alkanes) is 1. The van der Waals surface area contributed by atoms with Crippen molar-refractivity contribution in [1.82, 2.24) is 39.1 Å². The zero-order valence-electron chi connectivity index (χ0n) is 33.3. The quantitative estimate of drug-likeness (QED) is 0.0762. The molecule has 0 bridgehead atoms. The second-order valence-electron chi connectivity index (χ2n) is 16.3. The molecule has 3 aliphatic rings. The standard InChI is InChI=1S/C42H50F2N10O5/c1-51(19-4-3-6-27-7-5-8-32-37(27)52(2)42(58)54(32)33-15-16-35(55)49-40(33)57)22-26-11-13-29(14-12-26)53-23-30(36(50-53)38(43)44)47-39(56)31-24-59-41(48-31)28-17-18-45-34(20-28)46-21-25-9-10-25/h5,7-8,17-18,20,23-26,29,33,38H,3-4,6,9-16,19,21-22H2,1-2H3,(H,45,46)(H,47,56)(H,49,55,57)/t26-,29-,33?. The molecule has 4 aromatic heterocycles. The summed E-state index contributed by atoms with van der Waals surface area (Å²) in [6, 6.07) is 8.55. The van der Waals surface area contributed by atoms with Gasteiger partial charge in [0.15, 0.2) is 11.4 Å². The number of nitrogens with one attached hydrogen (secondary N) is 3. The number of amides is 3. The topological polar surface area (TPSA) is 174 Å². The number of benzene rings is 1. The summed E-state index contributed by atoms with van der Waals surface area (Å²) in [6.07, 6.45) is 10.5. The largest absolute Gasteiger partial charge is 0.444 e. The van der Waals surface area contributed by atoms with E-state index in [1.165, 1.54) is 29.9 Å². The maximum Gasteiger partial charge on any atom is 0.329 e. The number of imide groups is 1. The minimum atomic E-state index is -2.87. The van der Waals surface area contributed by atoms with Crippen LogP contribution in [0, 0.1) is 11.8 Å². The Morgan fingerprint density at radius 2 is 1.85 bits per heavy atom. The molecule has 59 heavy (non-hydrogen) atoms. The van der Waals surface area contributed by atoms with Crippen molar-refractivity contribution >= 4 is 40.3 Å². The van der Waals surface area contributed by atoms with E-state index in [2.05, 4.69) is 43.0 Å². The molecule has 3 fully saturated rings. The average molecular weight is 813 g/mol. The molecule has 5 aromatic rings. The van der Waals surface area contributed by atoms with Crippen LogP contribution < -0.4 is 21.6 Å². The lowest BCUT2D eigenvalue weighted by Gasteiger charge is -2.31. The minimum absolute atomic E-state index is 0.0343. The van der Waals surface area contributed by atoms with Gasteiger partial charge in [-0.05, 0) is 113 Å². The number of oxazole rings is 1. The Hall–Kier alpha value is -5.71. The molecule has 1 unspecified atom stereocenters. The van der Waals surface area contributed by atoms with Gasteiger partial charge in [0.25, 0.3) is 12.3 Å². The number of aromatic nitrogens is 6. The lowest BCUT2D eigenvalue weighted by molar-refractivity contribution is -0.135. The van der Waals surface area contributed by atoms with E-state index in [0.717, 1.165) is 75.7 Å². The smallest absolute Gasteiger partial charge is 0.329 e. The van der Waals surface area contributed by atoms with Crippen LogP contribution in [0.25, 0.3) is 22.5 Å². The Kier molecular flexibility index (Phi) is 11.7. The van der Waals surface area contributed by atoms with E-state index < -0.39 is 30.0 Å². The fourth-order valence-corrected chi connectivity index (χ4v) is 8.55. The number of aryl methyl sites for hydroxylation is 2. The molecule has 3 N–H and O–H groups in total. The highest BCUT2D eigenvalue weighted by Gasteiger charge is 2.32. The molecule has 15 nitrogen and oxygen atoms in total. The van der Waals surface area contributed by atoms with Crippen molar-refractivity contribution in [2.24, 2.45) is 18.9 Å². The number of pyridine rings is 1. The first-order valence-corrected chi connectivity index (χ1v) is 20.6. The molecule has 2 saturated carbocycles. The van der Waals surface area contributed by atoms with Gasteiger partial charge in [-0.15, -0.1) is 0 Å². The van der Waals surface area contributed by atoms with Crippen molar-refractivity contribution in [1.29, 1.82) is 0 Å². The first-order chi connectivity index (χ1) is 28.5. The van der Waals surface area contributed by atoms with Crippen LogP contribution in [-0.2, 0) is 23.1 Å². The van der Waals surface area contributed by atoms with E-state index in [-0.39, 0.29) is 41.3 Å². The van der Waals surface area contributed by atoms with Crippen molar-refractivity contribution in [3.05, 3.63) is 76.4 Å². The highest BCUT2D eigenvalue weighted by molar-refractivity contribution is 6.03. The number of carbonyl (C=O) groups excluding carboxylic acids is 3. The maximum atomic E-state index is 14.2. The molecule has 8 rings (SSSR count). The zero-order chi connectivity index (χ0) is 41.2. The number of piperidine rings is 1. The first kappa shape index (κ1) is 40.1. The predicted octanol–water partition coefficient (Wildman–Crippen LogP) is 6.26. The van der Waals surface area contributed by atoms with E-state index in [9.17, 15) is 28.0 Å². The molecule has 3 amide bonds. The van der Waals surface area contributed by atoms with Crippen LogP contribution in [0.3, 0.4) is 0 Å². The summed E-state index contributed by atoms with van der Waals surface area (Å²) in [5.41, 5.74) is 2.38. The van der Waals surface area contributed by atoms with E-state index in [1.54, 1.807) is 34.6 Å². The molecule has 1 saturated heterocycles. The fourth-order valence-electron chi connectivity index (χ4n) is 8.55. The van der Waals surface area contributed by atoms with Crippen LogP contribution in [-0.4, -0.2) is 78.2 Å². The molecule has 2 aliphatic carbocycles. The molecular weight excluding hydrogens is 763 g/mol. The van der Waals surface area contributed by atoms with Gasteiger partial charge in [0.2, 0.25) is 17.7 Å². The number of para-hydroxylation sites is 1. The van der Waals surface area contributed by atoms with Crippen molar-refractivity contribution in [3.8, 4) is 11.5 Å². The Bertz CT molecular complexity index is 2390. The summed E-state index contributed by atoms with van der Waals surface area (Å²) in [4.78, 5) is 61.7. The predicted molar refractivity (Wildman–Crippen MR) is 216 cm³/mol. The van der Waals surface area contributed by atoms with E-state index >= 15 is 0 Å². The monoisotopic (exact) mass is 812 g/mol. The highest BCUT2D eigenvalue weighted by atomic mass is 19.3. The number of fused-ring (bicyclic) bond motifs is 1. The number of alkyl halides is 2. The van der Waals surface area contributed by atoms with Gasteiger partial charge in [0.1, 0.15) is 18.1 Å². The van der Waals surface area contributed by atoms with Gasteiger partial charge in [-0.1, -0.05) is 12.1 Å². The Labute approximate surface area is 339 Å². The second-order valence-corrected chi connectivity index (χ2v) is 16.3. The molecule has 0 spiro atoms. The molecule has 1 aromatic carbocycles. The van der Waals surface area contributed by atoms with Crippen molar-refractivity contribution in [2.45, 2.75) is 89.1 Å². The van der Waals surface area contributed by atoms with Gasteiger partial charge in [-0.2, -0.15) is 5.10 Å². The van der Waals surface area contributed by atoms with E-state index in [1.807, 2.05) is 18.2 Å².